The lowest BCUT2D eigenvalue weighted by Crippen LogP contribution is -2.49. The third-order valence-electron chi connectivity index (χ3n) is 5.74. The van der Waals surface area contributed by atoms with Crippen molar-refractivity contribution < 1.29 is 4.79 Å². The van der Waals surface area contributed by atoms with Crippen molar-refractivity contribution in [3.05, 3.63) is 93.4 Å². The predicted molar refractivity (Wildman–Crippen MR) is 118 cm³/mol. The summed E-state index contributed by atoms with van der Waals surface area (Å²) in [6, 6.07) is 18.9. The van der Waals surface area contributed by atoms with E-state index in [0.717, 1.165) is 18.7 Å². The van der Waals surface area contributed by atoms with Crippen LogP contribution >= 0.6 is 0 Å². The quantitative estimate of drug-likeness (QED) is 0.673. The lowest BCUT2D eigenvalue weighted by molar-refractivity contribution is 0.0738. The summed E-state index contributed by atoms with van der Waals surface area (Å²) in [5.74, 6) is -0.127. The monoisotopic (exact) mass is 402 g/mol. The average Bonchev–Trinajstić information content (AvgIpc) is 2.77. The molecule has 0 aliphatic carbocycles. The Morgan fingerprint density at radius 2 is 1.63 bits per heavy atom. The van der Waals surface area contributed by atoms with Crippen LogP contribution < -0.4 is 10.5 Å². The van der Waals surface area contributed by atoms with Gasteiger partial charge in [-0.15, -0.1) is 0 Å². The molecular weight excluding hydrogens is 376 g/mol. The van der Waals surface area contributed by atoms with Crippen LogP contribution in [0.2, 0.25) is 0 Å². The molecule has 0 saturated carbocycles. The minimum Gasteiger partial charge on any atom is -0.368 e. The summed E-state index contributed by atoms with van der Waals surface area (Å²) in [6.45, 7) is 7.43. The zero-order valence-corrected chi connectivity index (χ0v) is 17.4. The molecular formula is C24H26N4O2. The highest BCUT2D eigenvalue weighted by Crippen LogP contribution is 2.24. The number of aryl methyl sites for hydroxylation is 1. The minimum atomic E-state index is -0.213. The molecule has 6 nitrogen and oxygen atoms in total. The van der Waals surface area contributed by atoms with Crippen LogP contribution in [-0.4, -0.2) is 46.8 Å². The first kappa shape index (κ1) is 19.9. The molecule has 0 atom stereocenters. The van der Waals surface area contributed by atoms with Crippen molar-refractivity contribution in [1.29, 1.82) is 0 Å². The Balaban J connectivity index is 1.46. The standard InChI is InChI=1S/C24H26N4O2/c1-18-7-6-10-22(19(18)2)26-13-15-27(16-14-26)24(30)21-11-12-23(29)28(25-21)17-20-8-4-3-5-9-20/h3-12H,13-17H2,1-2H3. The average molecular weight is 402 g/mol. The first-order chi connectivity index (χ1) is 14.5. The van der Waals surface area contributed by atoms with Crippen LogP contribution in [0.25, 0.3) is 0 Å². The van der Waals surface area contributed by atoms with Crippen molar-refractivity contribution in [1.82, 2.24) is 14.7 Å². The van der Waals surface area contributed by atoms with Gasteiger partial charge in [-0.05, 0) is 42.7 Å². The van der Waals surface area contributed by atoms with Gasteiger partial charge in [-0.2, -0.15) is 5.10 Å². The predicted octanol–water partition coefficient (Wildman–Crippen LogP) is 2.87. The molecule has 3 aromatic rings. The number of nitrogens with zero attached hydrogens (tertiary/aromatic N) is 4. The summed E-state index contributed by atoms with van der Waals surface area (Å²) in [7, 11) is 0. The van der Waals surface area contributed by atoms with Crippen molar-refractivity contribution in [2.24, 2.45) is 0 Å². The van der Waals surface area contributed by atoms with E-state index in [4.69, 9.17) is 0 Å². The molecule has 2 aromatic carbocycles. The van der Waals surface area contributed by atoms with Crippen molar-refractivity contribution in [3.8, 4) is 0 Å². The fourth-order valence-corrected chi connectivity index (χ4v) is 3.82. The van der Waals surface area contributed by atoms with Gasteiger partial charge in [0.05, 0.1) is 6.54 Å². The summed E-state index contributed by atoms with van der Waals surface area (Å²) >= 11 is 0. The maximum Gasteiger partial charge on any atom is 0.274 e. The van der Waals surface area contributed by atoms with Gasteiger partial charge in [-0.1, -0.05) is 42.5 Å². The Bertz CT molecular complexity index is 1100. The zero-order chi connectivity index (χ0) is 21.1. The van der Waals surface area contributed by atoms with E-state index in [2.05, 4.69) is 42.0 Å². The van der Waals surface area contributed by atoms with Gasteiger partial charge in [0.15, 0.2) is 0 Å². The minimum absolute atomic E-state index is 0.127. The molecule has 4 rings (SSSR count). The zero-order valence-electron chi connectivity index (χ0n) is 17.4. The fraction of sp³-hybridized carbons (Fsp3) is 0.292. The first-order valence-corrected chi connectivity index (χ1v) is 10.3. The maximum atomic E-state index is 13.0. The molecule has 0 N–H and O–H groups in total. The molecule has 0 bridgehead atoms. The summed E-state index contributed by atoms with van der Waals surface area (Å²) in [4.78, 5) is 29.4. The molecule has 1 aromatic heterocycles. The van der Waals surface area contributed by atoms with E-state index in [1.165, 1.54) is 33.6 Å². The second kappa shape index (κ2) is 8.53. The first-order valence-electron chi connectivity index (χ1n) is 10.3. The van der Waals surface area contributed by atoms with Gasteiger partial charge in [0.1, 0.15) is 5.69 Å². The van der Waals surface area contributed by atoms with E-state index >= 15 is 0 Å². The molecule has 6 heteroatoms. The topological polar surface area (TPSA) is 58.4 Å². The van der Waals surface area contributed by atoms with Crippen LogP contribution in [-0.2, 0) is 6.54 Å². The number of anilines is 1. The molecule has 30 heavy (non-hydrogen) atoms. The van der Waals surface area contributed by atoms with Gasteiger partial charge < -0.3 is 9.80 Å². The largest absolute Gasteiger partial charge is 0.368 e. The Hall–Kier alpha value is -3.41. The van der Waals surface area contributed by atoms with Gasteiger partial charge in [0.25, 0.3) is 11.5 Å². The van der Waals surface area contributed by atoms with Crippen LogP contribution in [0.5, 0.6) is 0 Å². The number of carbonyl (C=O) groups is 1. The van der Waals surface area contributed by atoms with Crippen LogP contribution in [0.3, 0.4) is 0 Å². The molecule has 2 heterocycles. The van der Waals surface area contributed by atoms with Crippen molar-refractivity contribution in [3.63, 3.8) is 0 Å². The lowest BCUT2D eigenvalue weighted by Gasteiger charge is -2.37. The van der Waals surface area contributed by atoms with Crippen molar-refractivity contribution in [2.45, 2.75) is 20.4 Å². The molecule has 0 spiro atoms. The number of amides is 1. The van der Waals surface area contributed by atoms with Crippen LogP contribution in [0.4, 0.5) is 5.69 Å². The number of hydrogen-bond acceptors (Lipinski definition) is 4. The van der Waals surface area contributed by atoms with Crippen molar-refractivity contribution in [2.75, 3.05) is 31.1 Å². The molecule has 154 valence electrons. The highest BCUT2D eigenvalue weighted by atomic mass is 16.2. The smallest absolute Gasteiger partial charge is 0.274 e. The van der Waals surface area contributed by atoms with Gasteiger partial charge in [0.2, 0.25) is 0 Å². The highest BCUT2D eigenvalue weighted by Gasteiger charge is 2.24. The van der Waals surface area contributed by atoms with E-state index in [1.807, 2.05) is 35.2 Å². The van der Waals surface area contributed by atoms with Crippen LogP contribution in [0.15, 0.2) is 65.5 Å². The normalized spacial score (nSPS) is 14.1. The second-order valence-electron chi connectivity index (χ2n) is 7.70. The number of carbonyl (C=O) groups excluding carboxylic acids is 1. The number of hydrogen-bond donors (Lipinski definition) is 0. The fourth-order valence-electron chi connectivity index (χ4n) is 3.82. The number of rotatable bonds is 4. The Labute approximate surface area is 176 Å². The molecule has 0 radical (unpaired) electrons. The summed E-state index contributed by atoms with van der Waals surface area (Å²) in [6.07, 6.45) is 0. The second-order valence-corrected chi connectivity index (χ2v) is 7.70. The van der Waals surface area contributed by atoms with E-state index in [9.17, 15) is 9.59 Å². The van der Waals surface area contributed by atoms with Crippen molar-refractivity contribution >= 4 is 11.6 Å². The Kier molecular flexibility index (Phi) is 5.65. The third kappa shape index (κ3) is 4.13. The SMILES string of the molecule is Cc1cccc(N2CCN(C(=O)c3ccc(=O)n(Cc4ccccc4)n3)CC2)c1C. The molecule has 1 fully saturated rings. The highest BCUT2D eigenvalue weighted by molar-refractivity contribution is 5.92. The van der Waals surface area contributed by atoms with Crippen LogP contribution in [0.1, 0.15) is 27.2 Å². The van der Waals surface area contributed by atoms with Gasteiger partial charge in [0, 0.05) is 37.9 Å². The van der Waals surface area contributed by atoms with E-state index < -0.39 is 0 Å². The molecule has 1 aliphatic heterocycles. The van der Waals surface area contributed by atoms with Gasteiger partial charge in [-0.25, -0.2) is 4.68 Å². The lowest BCUT2D eigenvalue weighted by atomic mass is 10.1. The van der Waals surface area contributed by atoms with Gasteiger partial charge in [-0.3, -0.25) is 9.59 Å². The summed E-state index contributed by atoms with van der Waals surface area (Å²) in [5.41, 5.74) is 4.86. The molecule has 0 unspecified atom stereocenters. The third-order valence-corrected chi connectivity index (χ3v) is 5.74. The van der Waals surface area contributed by atoms with Gasteiger partial charge >= 0.3 is 0 Å². The Morgan fingerprint density at radius 3 is 2.37 bits per heavy atom. The molecule has 1 amide bonds. The summed E-state index contributed by atoms with van der Waals surface area (Å²) < 4.78 is 1.36. The van der Waals surface area contributed by atoms with E-state index in [1.54, 1.807) is 0 Å². The number of aromatic nitrogens is 2. The molecule has 1 aliphatic rings. The van der Waals surface area contributed by atoms with E-state index in [-0.39, 0.29) is 11.5 Å². The number of benzene rings is 2. The van der Waals surface area contributed by atoms with Crippen LogP contribution in [0, 0.1) is 13.8 Å². The van der Waals surface area contributed by atoms with E-state index in [0.29, 0.717) is 25.3 Å². The number of piperazine rings is 1. The molecule has 1 saturated heterocycles. The maximum absolute atomic E-state index is 13.0. The Morgan fingerprint density at radius 1 is 0.900 bits per heavy atom. The summed E-state index contributed by atoms with van der Waals surface area (Å²) in [5, 5.41) is 4.34.